The number of rotatable bonds is 4. The normalized spacial score (nSPS) is 33.7. The molecule has 1 heterocycles. The summed E-state index contributed by atoms with van der Waals surface area (Å²) in [6.45, 7) is 10.7. The Labute approximate surface area is 158 Å². The second-order valence-electron chi connectivity index (χ2n) is 9.15. The molecule has 7 nitrogen and oxygen atoms in total. The fraction of sp³-hybridized carbons (Fsp3) is 0.947. The zero-order chi connectivity index (χ0) is 19.6. The van der Waals surface area contributed by atoms with E-state index >= 15 is 0 Å². The van der Waals surface area contributed by atoms with Gasteiger partial charge < -0.3 is 25.8 Å². The minimum atomic E-state index is -0.637. The Bertz CT molecular complexity index is 480. The molecular formula is C19H38N4O3. The maximum absolute atomic E-state index is 12.4. The molecule has 1 unspecified atom stereocenters. The van der Waals surface area contributed by atoms with Gasteiger partial charge in [-0.3, -0.25) is 4.90 Å². The van der Waals surface area contributed by atoms with Crippen LogP contribution in [0.5, 0.6) is 0 Å². The third-order valence-electron chi connectivity index (χ3n) is 5.75. The van der Waals surface area contributed by atoms with Crippen LogP contribution in [0.3, 0.4) is 0 Å². The number of carbonyl (C=O) groups excluding carboxylic acids is 1. The van der Waals surface area contributed by atoms with Crippen molar-refractivity contribution in [2.24, 2.45) is 5.73 Å². The molecule has 0 spiro atoms. The van der Waals surface area contributed by atoms with E-state index in [0.717, 1.165) is 32.2 Å². The molecule has 1 aliphatic heterocycles. The van der Waals surface area contributed by atoms with Gasteiger partial charge in [0.2, 0.25) is 0 Å². The molecule has 0 bridgehead atoms. The average molecular weight is 371 g/mol. The molecule has 7 heteroatoms. The summed E-state index contributed by atoms with van der Waals surface area (Å²) in [5.74, 6) is 0. The third-order valence-corrected chi connectivity index (χ3v) is 5.75. The summed E-state index contributed by atoms with van der Waals surface area (Å²) < 4.78 is 5.47. The van der Waals surface area contributed by atoms with Crippen LogP contribution in [0.25, 0.3) is 0 Å². The van der Waals surface area contributed by atoms with Crippen molar-refractivity contribution < 1.29 is 14.6 Å². The van der Waals surface area contributed by atoms with E-state index in [1.54, 1.807) is 0 Å². The molecule has 1 aliphatic carbocycles. The van der Waals surface area contributed by atoms with Crippen LogP contribution in [0.2, 0.25) is 0 Å². The highest BCUT2D eigenvalue weighted by atomic mass is 16.6. The third kappa shape index (κ3) is 5.31. The molecule has 152 valence electrons. The number of carbonyl (C=O) groups is 1. The number of hydrogen-bond acceptors (Lipinski definition) is 6. The van der Waals surface area contributed by atoms with Gasteiger partial charge in [0.05, 0.1) is 0 Å². The van der Waals surface area contributed by atoms with Crippen molar-refractivity contribution in [2.75, 3.05) is 13.6 Å². The number of alkyl carbamates (subject to hydrolysis) is 1. The molecule has 0 aromatic rings. The first-order valence-corrected chi connectivity index (χ1v) is 9.90. The maximum Gasteiger partial charge on any atom is 0.407 e. The molecule has 4 N–H and O–H groups in total. The van der Waals surface area contributed by atoms with Crippen LogP contribution in [0.15, 0.2) is 0 Å². The summed E-state index contributed by atoms with van der Waals surface area (Å²) in [5.41, 5.74) is 5.48. The molecule has 1 amide bonds. The topological polar surface area (TPSA) is 91.1 Å². The largest absolute Gasteiger partial charge is 0.444 e. The Balaban J connectivity index is 2.11. The van der Waals surface area contributed by atoms with Gasteiger partial charge in [-0.25, -0.2) is 4.79 Å². The van der Waals surface area contributed by atoms with Gasteiger partial charge in [0.25, 0.3) is 0 Å². The molecule has 2 rings (SSSR count). The lowest BCUT2D eigenvalue weighted by atomic mass is 9.84. The van der Waals surface area contributed by atoms with E-state index in [1.165, 1.54) is 0 Å². The van der Waals surface area contributed by atoms with Crippen molar-refractivity contribution in [3.05, 3.63) is 0 Å². The van der Waals surface area contributed by atoms with E-state index < -0.39 is 17.9 Å². The maximum atomic E-state index is 12.4. The number of amides is 1. The SMILES string of the molecule is CC(C)N(C)[C@@H]1CC[C@H](N2CC[C@H](N)C2O)[C@H](NC(=O)OC(C)(C)C)C1. The van der Waals surface area contributed by atoms with Crippen LogP contribution in [0.1, 0.15) is 60.3 Å². The number of hydrogen-bond donors (Lipinski definition) is 3. The van der Waals surface area contributed by atoms with Crippen LogP contribution in [0, 0.1) is 0 Å². The second kappa shape index (κ2) is 8.42. The Morgan fingerprint density at radius 3 is 2.46 bits per heavy atom. The number of aliphatic hydroxyl groups excluding tert-OH is 1. The number of nitrogens with zero attached hydrogens (tertiary/aromatic N) is 2. The summed E-state index contributed by atoms with van der Waals surface area (Å²) in [7, 11) is 2.14. The standard InChI is InChI=1S/C19H38N4O3/c1-12(2)22(6)13-7-8-16(23-10-9-14(20)17(23)24)15(11-13)21-18(25)26-19(3,4)5/h12-17,24H,7-11,20H2,1-6H3,(H,21,25)/t13-,14+,15-,16+,17?/m1/s1. The van der Waals surface area contributed by atoms with E-state index in [4.69, 9.17) is 10.5 Å². The van der Waals surface area contributed by atoms with Crippen LogP contribution < -0.4 is 11.1 Å². The fourth-order valence-electron chi connectivity index (χ4n) is 4.12. The minimum Gasteiger partial charge on any atom is -0.444 e. The number of aliphatic hydroxyl groups is 1. The summed E-state index contributed by atoms with van der Waals surface area (Å²) in [6.07, 6.45) is 2.57. The number of nitrogens with two attached hydrogens (primary N) is 1. The number of nitrogens with one attached hydrogen (secondary N) is 1. The summed E-state index contributed by atoms with van der Waals surface area (Å²) in [5, 5.41) is 13.5. The first-order valence-electron chi connectivity index (χ1n) is 9.90. The van der Waals surface area contributed by atoms with Gasteiger partial charge in [0, 0.05) is 36.8 Å². The summed E-state index contributed by atoms with van der Waals surface area (Å²) >= 11 is 0. The van der Waals surface area contributed by atoms with Gasteiger partial charge in [-0.15, -0.1) is 0 Å². The highest BCUT2D eigenvalue weighted by Gasteiger charge is 2.42. The first kappa shape index (κ1) is 21.4. The van der Waals surface area contributed by atoms with Crippen molar-refractivity contribution >= 4 is 6.09 Å². The Hall–Kier alpha value is -0.890. The Morgan fingerprint density at radius 1 is 1.31 bits per heavy atom. The highest BCUT2D eigenvalue weighted by molar-refractivity contribution is 5.68. The lowest BCUT2D eigenvalue weighted by molar-refractivity contribution is -0.0316. The van der Waals surface area contributed by atoms with Crippen LogP contribution in [-0.4, -0.2) is 76.6 Å². The molecule has 1 saturated heterocycles. The van der Waals surface area contributed by atoms with Crippen LogP contribution in [-0.2, 0) is 4.74 Å². The predicted molar refractivity (Wildman–Crippen MR) is 103 cm³/mol. The van der Waals surface area contributed by atoms with Crippen molar-refractivity contribution in [1.82, 2.24) is 15.1 Å². The van der Waals surface area contributed by atoms with E-state index in [9.17, 15) is 9.90 Å². The van der Waals surface area contributed by atoms with Crippen molar-refractivity contribution in [3.63, 3.8) is 0 Å². The molecule has 5 atom stereocenters. The van der Waals surface area contributed by atoms with Crippen LogP contribution in [0.4, 0.5) is 4.79 Å². The lowest BCUT2D eigenvalue weighted by Crippen LogP contribution is -2.60. The monoisotopic (exact) mass is 370 g/mol. The highest BCUT2D eigenvalue weighted by Crippen LogP contribution is 2.31. The van der Waals surface area contributed by atoms with Gasteiger partial charge in [-0.05, 0) is 67.3 Å². The summed E-state index contributed by atoms with van der Waals surface area (Å²) in [4.78, 5) is 16.8. The Kier molecular flexibility index (Phi) is 6.93. The van der Waals surface area contributed by atoms with Gasteiger partial charge in [0.15, 0.2) is 0 Å². The number of ether oxygens (including phenoxy) is 1. The van der Waals surface area contributed by atoms with E-state index in [1.807, 2.05) is 20.8 Å². The average Bonchev–Trinajstić information content (AvgIpc) is 2.84. The smallest absolute Gasteiger partial charge is 0.407 e. The van der Waals surface area contributed by atoms with E-state index in [0.29, 0.717) is 12.1 Å². The van der Waals surface area contributed by atoms with Gasteiger partial charge in [0.1, 0.15) is 11.8 Å². The minimum absolute atomic E-state index is 0.0650. The molecule has 2 aliphatic rings. The molecule has 26 heavy (non-hydrogen) atoms. The molecule has 0 aromatic carbocycles. The molecule has 2 fully saturated rings. The summed E-state index contributed by atoms with van der Waals surface area (Å²) in [6, 6.07) is 0.657. The molecule has 1 saturated carbocycles. The zero-order valence-electron chi connectivity index (χ0n) is 17.2. The van der Waals surface area contributed by atoms with Gasteiger partial charge in [-0.1, -0.05) is 0 Å². The van der Waals surface area contributed by atoms with E-state index in [-0.39, 0.29) is 18.1 Å². The number of likely N-dealkylation sites (tertiary alicyclic amines) is 1. The lowest BCUT2D eigenvalue weighted by Gasteiger charge is -2.45. The first-order chi connectivity index (χ1) is 12.0. The fourth-order valence-corrected chi connectivity index (χ4v) is 4.12. The van der Waals surface area contributed by atoms with Crippen molar-refractivity contribution in [2.45, 2.75) is 102 Å². The second-order valence-corrected chi connectivity index (χ2v) is 9.15. The van der Waals surface area contributed by atoms with Gasteiger partial charge in [-0.2, -0.15) is 0 Å². The van der Waals surface area contributed by atoms with Crippen molar-refractivity contribution in [3.8, 4) is 0 Å². The molecule has 0 radical (unpaired) electrons. The van der Waals surface area contributed by atoms with E-state index in [2.05, 4.69) is 36.0 Å². The molecule has 0 aromatic heterocycles. The Morgan fingerprint density at radius 2 is 1.96 bits per heavy atom. The van der Waals surface area contributed by atoms with Crippen molar-refractivity contribution in [1.29, 1.82) is 0 Å². The predicted octanol–water partition coefficient (Wildman–Crippen LogP) is 1.49. The van der Waals surface area contributed by atoms with Crippen LogP contribution >= 0.6 is 0 Å². The quantitative estimate of drug-likeness (QED) is 0.695. The zero-order valence-corrected chi connectivity index (χ0v) is 17.2. The molecular weight excluding hydrogens is 332 g/mol. The van der Waals surface area contributed by atoms with Gasteiger partial charge >= 0.3 is 6.09 Å².